The molecule has 2 nitrogen and oxygen atoms in total. The lowest BCUT2D eigenvalue weighted by atomic mass is 9.59. The summed E-state index contributed by atoms with van der Waals surface area (Å²) in [5.41, 5.74) is 1.90. The number of allylic oxidation sites excluding steroid dienone is 4. The molecule has 25 heavy (non-hydrogen) atoms. The van der Waals surface area contributed by atoms with Gasteiger partial charge >= 0.3 is 5.97 Å². The Morgan fingerprint density at radius 1 is 1.00 bits per heavy atom. The van der Waals surface area contributed by atoms with E-state index in [1.807, 2.05) is 6.08 Å². The van der Waals surface area contributed by atoms with Gasteiger partial charge in [-0.2, -0.15) is 0 Å². The Balaban J connectivity index is 1.57. The Bertz CT molecular complexity index is 947. The van der Waals surface area contributed by atoms with Crippen LogP contribution >= 0.6 is 0 Å². The molecule has 2 heteroatoms. The molecule has 5 rings (SSSR count). The maximum Gasteiger partial charge on any atom is 0.335 e. The number of aliphatic carboxylic acids is 1. The van der Waals surface area contributed by atoms with Gasteiger partial charge in [0.05, 0.1) is 5.57 Å². The van der Waals surface area contributed by atoms with Crippen LogP contribution in [-0.2, 0) is 4.79 Å². The highest BCUT2D eigenvalue weighted by Crippen LogP contribution is 2.49. The van der Waals surface area contributed by atoms with Crippen LogP contribution in [0.1, 0.15) is 19.3 Å². The van der Waals surface area contributed by atoms with Gasteiger partial charge in [0, 0.05) is 5.92 Å². The van der Waals surface area contributed by atoms with E-state index in [1.165, 1.54) is 35.3 Å². The van der Waals surface area contributed by atoms with Crippen molar-refractivity contribution >= 4 is 18.1 Å². The number of benzene rings is 1. The van der Waals surface area contributed by atoms with E-state index in [0.717, 1.165) is 0 Å². The molecule has 5 atom stereocenters. The average Bonchev–Trinajstić information content (AvgIpc) is 2.64. The summed E-state index contributed by atoms with van der Waals surface area (Å²) in [6, 6.07) is 8.60. The van der Waals surface area contributed by atoms with E-state index < -0.39 is 5.97 Å². The average molecular weight is 330 g/mol. The second-order valence-electron chi connectivity index (χ2n) is 7.89. The largest absolute Gasteiger partial charge is 0.478 e. The molecule has 1 fully saturated rings. The molecular formula is C23H22O2. The van der Waals surface area contributed by atoms with Crippen molar-refractivity contribution in [1.29, 1.82) is 0 Å². The first-order chi connectivity index (χ1) is 12.2. The first-order valence-corrected chi connectivity index (χ1v) is 9.33. The van der Waals surface area contributed by atoms with E-state index in [2.05, 4.69) is 48.6 Å². The fraction of sp³-hybridized carbons (Fsp3) is 0.348. The van der Waals surface area contributed by atoms with Crippen molar-refractivity contribution in [3.8, 4) is 0 Å². The molecule has 0 spiro atoms. The molecule has 0 aromatic heterocycles. The molecule has 0 radical (unpaired) electrons. The molecule has 5 unspecified atom stereocenters. The molecule has 0 saturated heterocycles. The van der Waals surface area contributed by atoms with Crippen molar-refractivity contribution < 1.29 is 9.90 Å². The molecule has 4 aliphatic rings. The molecule has 0 aliphatic heterocycles. The second kappa shape index (κ2) is 5.59. The molecule has 0 amide bonds. The monoisotopic (exact) mass is 330 g/mol. The third-order valence-electron chi connectivity index (χ3n) is 6.56. The minimum Gasteiger partial charge on any atom is -0.478 e. The zero-order valence-corrected chi connectivity index (χ0v) is 14.1. The minimum absolute atomic E-state index is 0.342. The summed E-state index contributed by atoms with van der Waals surface area (Å²) in [4.78, 5) is 11.4. The fourth-order valence-corrected chi connectivity index (χ4v) is 5.32. The third-order valence-corrected chi connectivity index (χ3v) is 6.56. The molecule has 1 N–H and O–H groups in total. The zero-order chi connectivity index (χ0) is 17.0. The molecule has 1 aromatic carbocycles. The van der Waals surface area contributed by atoms with Crippen LogP contribution in [0.4, 0.5) is 0 Å². The molecule has 0 bridgehead atoms. The number of carbonyl (C=O) groups is 1. The van der Waals surface area contributed by atoms with E-state index in [9.17, 15) is 9.90 Å². The summed E-state index contributed by atoms with van der Waals surface area (Å²) in [5, 5.41) is 12.0. The summed E-state index contributed by atoms with van der Waals surface area (Å²) in [7, 11) is 0. The normalized spacial score (nSPS) is 34.8. The van der Waals surface area contributed by atoms with Gasteiger partial charge < -0.3 is 5.11 Å². The van der Waals surface area contributed by atoms with E-state index in [0.29, 0.717) is 35.2 Å². The highest BCUT2D eigenvalue weighted by Gasteiger charge is 2.41. The van der Waals surface area contributed by atoms with Crippen molar-refractivity contribution in [2.24, 2.45) is 29.6 Å². The van der Waals surface area contributed by atoms with Crippen LogP contribution in [0.25, 0.3) is 12.2 Å². The SMILES string of the molecule is O=C(O)C1=CC2C(C=C1)CCC1CC3C=c4ccccc4=CC3=CC12. The summed E-state index contributed by atoms with van der Waals surface area (Å²) in [6.07, 6.45) is 16.9. The van der Waals surface area contributed by atoms with Crippen molar-refractivity contribution in [2.45, 2.75) is 19.3 Å². The standard InChI is InChI=1S/C23H22O2/c24-23(25)18-8-6-14-5-7-17-11-19-9-15-3-1-2-4-16(15)10-20(19)13-22(17)21(14)12-18/h1-4,6,8-10,12-14,17,19,21-22H,5,7,11H2,(H,24,25). The van der Waals surface area contributed by atoms with Gasteiger partial charge in [0.15, 0.2) is 0 Å². The third kappa shape index (κ3) is 2.43. The Kier molecular flexibility index (Phi) is 3.34. The Labute approximate surface area is 147 Å². The van der Waals surface area contributed by atoms with Gasteiger partial charge in [0.1, 0.15) is 0 Å². The van der Waals surface area contributed by atoms with Crippen LogP contribution in [0, 0.1) is 29.6 Å². The van der Waals surface area contributed by atoms with E-state index in [1.54, 1.807) is 6.08 Å². The van der Waals surface area contributed by atoms with Crippen LogP contribution < -0.4 is 10.4 Å². The molecular weight excluding hydrogens is 308 g/mol. The van der Waals surface area contributed by atoms with Crippen LogP contribution in [0.3, 0.4) is 0 Å². The number of rotatable bonds is 1. The van der Waals surface area contributed by atoms with Crippen LogP contribution in [0.2, 0.25) is 0 Å². The number of fused-ring (bicyclic) bond motifs is 5. The van der Waals surface area contributed by atoms with Crippen LogP contribution in [0.5, 0.6) is 0 Å². The van der Waals surface area contributed by atoms with Gasteiger partial charge in [0.2, 0.25) is 0 Å². The zero-order valence-electron chi connectivity index (χ0n) is 14.1. The maximum atomic E-state index is 11.4. The van der Waals surface area contributed by atoms with Crippen LogP contribution in [-0.4, -0.2) is 11.1 Å². The molecule has 1 saturated carbocycles. The van der Waals surface area contributed by atoms with Crippen molar-refractivity contribution in [3.05, 3.63) is 70.2 Å². The summed E-state index contributed by atoms with van der Waals surface area (Å²) in [6.45, 7) is 0. The van der Waals surface area contributed by atoms with Gasteiger partial charge in [-0.3, -0.25) is 0 Å². The van der Waals surface area contributed by atoms with Gasteiger partial charge in [-0.05, 0) is 58.9 Å². The predicted molar refractivity (Wildman–Crippen MR) is 98.9 cm³/mol. The Morgan fingerprint density at radius 3 is 2.68 bits per heavy atom. The van der Waals surface area contributed by atoms with Gasteiger partial charge in [0.25, 0.3) is 0 Å². The number of carboxylic acids is 1. The number of hydrogen-bond acceptors (Lipinski definition) is 1. The Hall–Kier alpha value is -2.35. The maximum absolute atomic E-state index is 11.4. The number of hydrogen-bond donors (Lipinski definition) is 1. The predicted octanol–water partition coefficient (Wildman–Crippen LogP) is 3.05. The lowest BCUT2D eigenvalue weighted by Crippen LogP contribution is -2.39. The number of carboxylic acid groups (broad SMARTS) is 1. The Morgan fingerprint density at radius 2 is 1.84 bits per heavy atom. The molecule has 0 heterocycles. The minimum atomic E-state index is -0.801. The highest BCUT2D eigenvalue weighted by atomic mass is 16.4. The van der Waals surface area contributed by atoms with Gasteiger partial charge in [-0.15, -0.1) is 0 Å². The lowest BCUT2D eigenvalue weighted by Gasteiger charge is -2.45. The van der Waals surface area contributed by atoms with Crippen molar-refractivity contribution in [3.63, 3.8) is 0 Å². The first-order valence-electron chi connectivity index (χ1n) is 9.33. The molecule has 126 valence electrons. The summed E-state index contributed by atoms with van der Waals surface area (Å²) in [5.74, 6) is 1.70. The van der Waals surface area contributed by atoms with Gasteiger partial charge in [-0.1, -0.05) is 60.7 Å². The molecule has 4 aliphatic carbocycles. The lowest BCUT2D eigenvalue weighted by molar-refractivity contribution is -0.132. The summed E-state index contributed by atoms with van der Waals surface area (Å²) >= 11 is 0. The van der Waals surface area contributed by atoms with Crippen molar-refractivity contribution in [1.82, 2.24) is 0 Å². The highest BCUT2D eigenvalue weighted by molar-refractivity contribution is 5.90. The van der Waals surface area contributed by atoms with Crippen molar-refractivity contribution in [2.75, 3.05) is 0 Å². The van der Waals surface area contributed by atoms with E-state index in [4.69, 9.17) is 0 Å². The second-order valence-corrected chi connectivity index (χ2v) is 7.89. The topological polar surface area (TPSA) is 37.3 Å². The summed E-state index contributed by atoms with van der Waals surface area (Å²) < 4.78 is 0. The van der Waals surface area contributed by atoms with E-state index in [-0.39, 0.29) is 0 Å². The smallest absolute Gasteiger partial charge is 0.335 e. The molecule has 1 aromatic rings. The fourth-order valence-electron chi connectivity index (χ4n) is 5.32. The van der Waals surface area contributed by atoms with Crippen LogP contribution in [0.15, 0.2) is 59.7 Å². The van der Waals surface area contributed by atoms with E-state index >= 15 is 0 Å². The first kappa shape index (κ1) is 14.9. The van der Waals surface area contributed by atoms with Gasteiger partial charge in [-0.25, -0.2) is 4.79 Å². The quantitative estimate of drug-likeness (QED) is 0.859.